The highest BCUT2D eigenvalue weighted by Gasteiger charge is 2.32. The molecule has 1 heterocycles. The number of likely N-dealkylation sites (N-methyl/N-ethyl adjacent to an activating group) is 1. The van der Waals surface area contributed by atoms with Crippen LogP contribution in [0, 0.1) is 5.82 Å². The van der Waals surface area contributed by atoms with Gasteiger partial charge in [-0.25, -0.2) is 4.39 Å². The Bertz CT molecular complexity index is 866. The highest BCUT2D eigenvalue weighted by molar-refractivity contribution is 6.04. The van der Waals surface area contributed by atoms with Gasteiger partial charge in [0.15, 0.2) is 0 Å². The van der Waals surface area contributed by atoms with Gasteiger partial charge in [-0.2, -0.15) is 0 Å². The topological polar surface area (TPSA) is 71.0 Å². The summed E-state index contributed by atoms with van der Waals surface area (Å²) in [5, 5.41) is 6.73. The fraction of sp³-hybridized carbons (Fsp3) is 0.286. The molecule has 0 fully saturated rings. The van der Waals surface area contributed by atoms with Crippen molar-refractivity contribution >= 4 is 17.5 Å². The van der Waals surface area contributed by atoms with Gasteiger partial charge in [-0.1, -0.05) is 47.6 Å². The third-order valence-electron chi connectivity index (χ3n) is 4.48. The number of nitrogens with zero attached hydrogens (tertiary/aromatic N) is 2. The van der Waals surface area contributed by atoms with E-state index in [2.05, 4.69) is 10.5 Å². The first kappa shape index (κ1) is 19.5. The molecular formula is C21H22FN3O3. The van der Waals surface area contributed by atoms with Crippen LogP contribution in [0.3, 0.4) is 0 Å². The summed E-state index contributed by atoms with van der Waals surface area (Å²) >= 11 is 0. The monoisotopic (exact) mass is 383 g/mol. The van der Waals surface area contributed by atoms with Crippen LogP contribution in [-0.2, 0) is 20.8 Å². The first-order valence-electron chi connectivity index (χ1n) is 8.98. The van der Waals surface area contributed by atoms with Crippen molar-refractivity contribution in [1.29, 1.82) is 0 Å². The Hall–Kier alpha value is -3.22. The van der Waals surface area contributed by atoms with Crippen LogP contribution in [0.1, 0.15) is 17.5 Å². The summed E-state index contributed by atoms with van der Waals surface area (Å²) in [6, 6.07) is 14.6. The van der Waals surface area contributed by atoms with E-state index in [0.29, 0.717) is 17.7 Å². The van der Waals surface area contributed by atoms with E-state index >= 15 is 0 Å². The van der Waals surface area contributed by atoms with Crippen LogP contribution in [0.15, 0.2) is 59.8 Å². The maximum absolute atomic E-state index is 13.1. The van der Waals surface area contributed by atoms with E-state index in [1.54, 1.807) is 26.2 Å². The fourth-order valence-electron chi connectivity index (χ4n) is 2.96. The van der Waals surface area contributed by atoms with Crippen LogP contribution in [0.2, 0.25) is 0 Å². The smallest absolute Gasteiger partial charge is 0.265 e. The van der Waals surface area contributed by atoms with E-state index in [0.717, 1.165) is 5.56 Å². The van der Waals surface area contributed by atoms with Gasteiger partial charge in [-0.3, -0.25) is 9.59 Å². The number of rotatable bonds is 6. The third-order valence-corrected chi connectivity index (χ3v) is 4.48. The van der Waals surface area contributed by atoms with Crippen LogP contribution in [-0.4, -0.2) is 48.7 Å². The normalized spacial score (nSPS) is 16.7. The first-order chi connectivity index (χ1) is 13.4. The van der Waals surface area contributed by atoms with Crippen molar-refractivity contribution in [1.82, 2.24) is 10.2 Å². The predicted molar refractivity (Wildman–Crippen MR) is 103 cm³/mol. The molecule has 1 aliphatic rings. The third kappa shape index (κ3) is 4.73. The summed E-state index contributed by atoms with van der Waals surface area (Å²) in [5.74, 6) is -0.949. The summed E-state index contributed by atoms with van der Waals surface area (Å²) in [5.41, 5.74) is 2.21. The van der Waals surface area contributed by atoms with Gasteiger partial charge in [0.2, 0.25) is 12.0 Å². The van der Waals surface area contributed by atoms with Gasteiger partial charge in [0.1, 0.15) is 11.9 Å². The van der Waals surface area contributed by atoms with Crippen LogP contribution >= 0.6 is 0 Å². The summed E-state index contributed by atoms with van der Waals surface area (Å²) in [7, 11) is 3.29. The lowest BCUT2D eigenvalue weighted by Gasteiger charge is -2.23. The van der Waals surface area contributed by atoms with Gasteiger partial charge in [-0.05, 0) is 23.3 Å². The zero-order valence-electron chi connectivity index (χ0n) is 15.8. The number of hydrogen-bond donors (Lipinski definition) is 1. The average molecular weight is 383 g/mol. The van der Waals surface area contributed by atoms with Gasteiger partial charge in [0, 0.05) is 26.9 Å². The molecule has 1 N–H and O–H groups in total. The molecule has 3 rings (SSSR count). The van der Waals surface area contributed by atoms with Crippen LogP contribution in [0.5, 0.6) is 0 Å². The molecule has 0 aromatic heterocycles. The molecular weight excluding hydrogens is 361 g/mol. The van der Waals surface area contributed by atoms with Gasteiger partial charge >= 0.3 is 0 Å². The average Bonchev–Trinajstić information content (AvgIpc) is 3.18. The van der Waals surface area contributed by atoms with E-state index < -0.39 is 18.1 Å². The molecule has 146 valence electrons. The lowest BCUT2D eigenvalue weighted by molar-refractivity contribution is -0.138. The van der Waals surface area contributed by atoms with Crippen molar-refractivity contribution in [2.45, 2.75) is 25.0 Å². The quantitative estimate of drug-likeness (QED) is 0.831. The van der Waals surface area contributed by atoms with Gasteiger partial charge < -0.3 is 15.1 Å². The number of carbonyl (C=O) groups excluding carboxylic acids is 2. The lowest BCUT2D eigenvalue weighted by atomic mass is 10.0. The predicted octanol–water partition coefficient (Wildman–Crippen LogP) is 2.13. The Morgan fingerprint density at radius 3 is 2.50 bits per heavy atom. The molecule has 1 aliphatic heterocycles. The molecule has 2 aromatic rings. The number of oxime groups is 1. The molecule has 0 saturated carbocycles. The molecule has 2 atom stereocenters. The summed E-state index contributed by atoms with van der Waals surface area (Å²) in [4.78, 5) is 31.9. The molecule has 0 saturated heterocycles. The highest BCUT2D eigenvalue weighted by atomic mass is 19.1. The molecule has 7 heteroatoms. The standard InChI is InChI=1S/C21H22FN3O3/c1-25(2)21(27)18(12-14-6-4-3-5-7-14)23-20(26)19-13-17(24-28-19)15-8-10-16(22)11-9-15/h3-11,18-19H,12-13H2,1-2H3,(H,23,26)/t18-,19+/m1/s1. The molecule has 0 bridgehead atoms. The molecule has 2 aromatic carbocycles. The van der Waals surface area contributed by atoms with Crippen molar-refractivity contribution in [2.75, 3.05) is 14.1 Å². The van der Waals surface area contributed by atoms with Crippen molar-refractivity contribution < 1.29 is 18.8 Å². The van der Waals surface area contributed by atoms with Gasteiger partial charge in [-0.15, -0.1) is 0 Å². The number of benzene rings is 2. The first-order valence-corrected chi connectivity index (χ1v) is 8.98. The van der Waals surface area contributed by atoms with Gasteiger partial charge in [0.05, 0.1) is 5.71 Å². The van der Waals surface area contributed by atoms with Crippen molar-refractivity contribution in [3.8, 4) is 0 Å². The Balaban J connectivity index is 1.65. The van der Waals surface area contributed by atoms with Crippen molar-refractivity contribution in [3.05, 3.63) is 71.5 Å². The second-order valence-electron chi connectivity index (χ2n) is 6.83. The number of hydrogen-bond acceptors (Lipinski definition) is 4. The molecule has 0 unspecified atom stereocenters. The number of carbonyl (C=O) groups is 2. The van der Waals surface area contributed by atoms with Crippen molar-refractivity contribution in [3.63, 3.8) is 0 Å². The Labute approximate surface area is 163 Å². The molecule has 0 spiro atoms. The minimum atomic E-state index is -0.826. The zero-order chi connectivity index (χ0) is 20.1. The molecule has 0 radical (unpaired) electrons. The fourth-order valence-corrected chi connectivity index (χ4v) is 2.96. The Kier molecular flexibility index (Phi) is 6.03. The second-order valence-corrected chi connectivity index (χ2v) is 6.83. The van der Waals surface area contributed by atoms with Crippen LogP contribution in [0.4, 0.5) is 4.39 Å². The second kappa shape index (κ2) is 8.65. The number of halogens is 1. The minimum absolute atomic E-state index is 0.199. The SMILES string of the molecule is CN(C)C(=O)[C@@H](Cc1ccccc1)NC(=O)[C@@H]1CC(c2ccc(F)cc2)=NO1. The van der Waals surface area contributed by atoms with E-state index in [9.17, 15) is 14.0 Å². The maximum Gasteiger partial charge on any atom is 0.265 e. The van der Waals surface area contributed by atoms with Crippen LogP contribution < -0.4 is 5.32 Å². The lowest BCUT2D eigenvalue weighted by Crippen LogP contribution is -2.50. The number of nitrogens with one attached hydrogen (secondary N) is 1. The summed E-state index contributed by atoms with van der Waals surface area (Å²) in [6.45, 7) is 0. The van der Waals surface area contributed by atoms with E-state index in [1.807, 2.05) is 30.3 Å². The maximum atomic E-state index is 13.1. The molecule has 0 aliphatic carbocycles. The number of amides is 2. The minimum Gasteiger partial charge on any atom is -0.382 e. The molecule has 28 heavy (non-hydrogen) atoms. The zero-order valence-corrected chi connectivity index (χ0v) is 15.8. The van der Waals surface area contributed by atoms with Gasteiger partial charge in [0.25, 0.3) is 5.91 Å². The largest absolute Gasteiger partial charge is 0.382 e. The Morgan fingerprint density at radius 2 is 1.86 bits per heavy atom. The molecule has 2 amide bonds. The van der Waals surface area contributed by atoms with Crippen molar-refractivity contribution in [2.24, 2.45) is 5.16 Å². The van der Waals surface area contributed by atoms with E-state index in [-0.39, 0.29) is 18.1 Å². The van der Waals surface area contributed by atoms with Crippen LogP contribution in [0.25, 0.3) is 0 Å². The summed E-state index contributed by atoms with van der Waals surface area (Å²) < 4.78 is 13.1. The molecule has 6 nitrogen and oxygen atoms in total. The summed E-state index contributed by atoms with van der Waals surface area (Å²) in [6.07, 6.45) is -0.193. The highest BCUT2D eigenvalue weighted by Crippen LogP contribution is 2.18. The van der Waals surface area contributed by atoms with E-state index in [4.69, 9.17) is 4.84 Å². The van der Waals surface area contributed by atoms with E-state index in [1.165, 1.54) is 17.0 Å². The Morgan fingerprint density at radius 1 is 1.18 bits per heavy atom.